The molecule has 0 atom stereocenters. The van der Waals surface area contributed by atoms with E-state index in [2.05, 4.69) is 6.92 Å². The smallest absolute Gasteiger partial charge is 0.205 e. The monoisotopic (exact) mass is 426 g/mol. The van der Waals surface area contributed by atoms with Gasteiger partial charge >= 0.3 is 0 Å². The van der Waals surface area contributed by atoms with Gasteiger partial charge in [-0.15, -0.1) is 0 Å². The molecule has 0 saturated heterocycles. The van der Waals surface area contributed by atoms with Crippen LogP contribution < -0.4 is 9.47 Å². The average molecular weight is 426 g/mol. The van der Waals surface area contributed by atoms with Crippen molar-refractivity contribution in [2.75, 3.05) is 0 Å². The lowest BCUT2D eigenvalue weighted by atomic mass is 9.97. The first-order valence-electron chi connectivity index (χ1n) is 10.7. The molecule has 0 unspecified atom stereocenters. The molecule has 162 valence electrons. The fourth-order valence-electron chi connectivity index (χ4n) is 3.89. The van der Waals surface area contributed by atoms with Gasteiger partial charge in [0.15, 0.2) is 23.1 Å². The minimum Gasteiger partial charge on any atom is -0.486 e. The highest BCUT2D eigenvalue weighted by Crippen LogP contribution is 2.43. The number of benzene rings is 3. The molecule has 0 spiro atoms. The molecule has 0 radical (unpaired) electrons. The van der Waals surface area contributed by atoms with Gasteiger partial charge in [-0.1, -0.05) is 63.1 Å². The standard InChI is InChI=1S/C26H25F3O2/c1-3-5-16-7-9-17(10-8-16)15-30-21-14-20-13-19-12-11-18(6-4-2)22(27)25(19)31-26(20)24(29)23(21)28/h7-12,14H,3-6,13,15H2,1-2H3. The van der Waals surface area contributed by atoms with E-state index in [1.165, 1.54) is 11.6 Å². The van der Waals surface area contributed by atoms with Crippen LogP contribution in [0.5, 0.6) is 17.2 Å². The number of halogens is 3. The minimum absolute atomic E-state index is 0.0161. The summed E-state index contributed by atoms with van der Waals surface area (Å²) in [6.45, 7) is 4.18. The van der Waals surface area contributed by atoms with Crippen molar-refractivity contribution in [3.8, 4) is 17.2 Å². The van der Waals surface area contributed by atoms with E-state index in [9.17, 15) is 13.2 Å². The summed E-state index contributed by atoms with van der Waals surface area (Å²) in [6, 6.07) is 12.8. The molecule has 1 aliphatic heterocycles. The van der Waals surface area contributed by atoms with Crippen LogP contribution in [0.1, 0.15) is 54.5 Å². The predicted octanol–water partition coefficient (Wildman–Crippen LogP) is 7.28. The Bertz CT molecular complexity index is 1090. The lowest BCUT2D eigenvalue weighted by Crippen LogP contribution is -2.10. The van der Waals surface area contributed by atoms with Crippen molar-refractivity contribution >= 4 is 0 Å². The fraction of sp³-hybridized carbons (Fsp3) is 0.308. The third-order valence-corrected chi connectivity index (χ3v) is 5.52. The molecule has 1 heterocycles. The first kappa shape index (κ1) is 21.3. The van der Waals surface area contributed by atoms with Crippen LogP contribution in [0.15, 0.2) is 42.5 Å². The van der Waals surface area contributed by atoms with E-state index < -0.39 is 17.5 Å². The van der Waals surface area contributed by atoms with Crippen LogP contribution in [0.4, 0.5) is 13.2 Å². The van der Waals surface area contributed by atoms with Crippen LogP contribution in [-0.2, 0) is 25.9 Å². The highest BCUT2D eigenvalue weighted by Gasteiger charge is 2.28. The van der Waals surface area contributed by atoms with Crippen molar-refractivity contribution in [1.29, 1.82) is 0 Å². The molecule has 0 aliphatic carbocycles. The van der Waals surface area contributed by atoms with Crippen LogP contribution in [0, 0.1) is 17.5 Å². The topological polar surface area (TPSA) is 18.5 Å². The van der Waals surface area contributed by atoms with Crippen molar-refractivity contribution in [3.05, 3.63) is 87.7 Å². The summed E-state index contributed by atoms with van der Waals surface area (Å²) in [7, 11) is 0. The predicted molar refractivity (Wildman–Crippen MR) is 114 cm³/mol. The molecular formula is C26H25F3O2. The quantitative estimate of drug-likeness (QED) is 0.309. The molecule has 0 amide bonds. The number of hydrogen-bond donors (Lipinski definition) is 0. The summed E-state index contributed by atoms with van der Waals surface area (Å²) in [4.78, 5) is 0. The maximum atomic E-state index is 14.8. The molecule has 3 aromatic carbocycles. The fourth-order valence-corrected chi connectivity index (χ4v) is 3.89. The van der Waals surface area contributed by atoms with E-state index in [1.54, 1.807) is 12.1 Å². The highest BCUT2D eigenvalue weighted by atomic mass is 19.2. The van der Waals surface area contributed by atoms with Gasteiger partial charge in [-0.2, -0.15) is 8.78 Å². The van der Waals surface area contributed by atoms with Gasteiger partial charge in [0.1, 0.15) is 6.61 Å². The van der Waals surface area contributed by atoms with Crippen molar-refractivity contribution in [3.63, 3.8) is 0 Å². The first-order valence-corrected chi connectivity index (χ1v) is 10.7. The first-order chi connectivity index (χ1) is 15.0. The summed E-state index contributed by atoms with van der Waals surface area (Å²) in [5.41, 5.74) is 3.64. The van der Waals surface area contributed by atoms with Gasteiger partial charge in [0, 0.05) is 17.5 Å². The van der Waals surface area contributed by atoms with E-state index in [4.69, 9.17) is 9.47 Å². The molecule has 0 saturated carbocycles. The van der Waals surface area contributed by atoms with E-state index in [0.717, 1.165) is 24.8 Å². The van der Waals surface area contributed by atoms with Crippen molar-refractivity contribution < 1.29 is 22.6 Å². The van der Waals surface area contributed by atoms with E-state index in [0.29, 0.717) is 23.1 Å². The number of aryl methyl sites for hydroxylation is 2. The van der Waals surface area contributed by atoms with Crippen LogP contribution >= 0.6 is 0 Å². The van der Waals surface area contributed by atoms with Gasteiger partial charge < -0.3 is 9.47 Å². The van der Waals surface area contributed by atoms with E-state index in [-0.39, 0.29) is 30.3 Å². The largest absolute Gasteiger partial charge is 0.486 e. The number of ether oxygens (including phenoxy) is 2. The lowest BCUT2D eigenvalue weighted by Gasteiger charge is -2.23. The summed E-state index contributed by atoms with van der Waals surface area (Å²) >= 11 is 0. The number of hydrogen-bond acceptors (Lipinski definition) is 2. The Morgan fingerprint density at radius 3 is 2.16 bits per heavy atom. The van der Waals surface area contributed by atoms with Crippen LogP contribution in [0.2, 0.25) is 0 Å². The van der Waals surface area contributed by atoms with Gasteiger partial charge in [-0.25, -0.2) is 4.39 Å². The van der Waals surface area contributed by atoms with Crippen molar-refractivity contribution in [2.24, 2.45) is 0 Å². The van der Waals surface area contributed by atoms with Gasteiger partial charge in [0.2, 0.25) is 11.6 Å². The van der Waals surface area contributed by atoms with Gasteiger partial charge in [0.05, 0.1) is 0 Å². The van der Waals surface area contributed by atoms with Gasteiger partial charge in [-0.05, 0) is 35.6 Å². The molecule has 0 N–H and O–H groups in total. The van der Waals surface area contributed by atoms with E-state index in [1.807, 2.05) is 31.2 Å². The third-order valence-electron chi connectivity index (χ3n) is 5.52. The van der Waals surface area contributed by atoms with Crippen LogP contribution in [-0.4, -0.2) is 0 Å². The zero-order valence-electron chi connectivity index (χ0n) is 17.7. The molecule has 2 nitrogen and oxygen atoms in total. The molecule has 5 heteroatoms. The Hall–Kier alpha value is -2.95. The molecule has 3 aromatic rings. The zero-order chi connectivity index (χ0) is 22.0. The lowest BCUT2D eigenvalue weighted by molar-refractivity contribution is 0.279. The number of fused-ring (bicyclic) bond motifs is 2. The van der Waals surface area contributed by atoms with Crippen LogP contribution in [0.3, 0.4) is 0 Å². The Kier molecular flexibility index (Phi) is 6.21. The minimum atomic E-state index is -1.16. The average Bonchev–Trinajstić information content (AvgIpc) is 2.78. The second kappa shape index (κ2) is 9.04. The van der Waals surface area contributed by atoms with Crippen molar-refractivity contribution in [2.45, 2.75) is 52.6 Å². The zero-order valence-corrected chi connectivity index (χ0v) is 17.7. The third kappa shape index (κ3) is 4.27. The maximum absolute atomic E-state index is 14.8. The van der Waals surface area contributed by atoms with Gasteiger partial charge in [-0.3, -0.25) is 0 Å². The second-order valence-corrected chi connectivity index (χ2v) is 7.90. The van der Waals surface area contributed by atoms with E-state index >= 15 is 0 Å². The number of rotatable bonds is 7. The second-order valence-electron chi connectivity index (χ2n) is 7.90. The molecular weight excluding hydrogens is 401 g/mol. The molecule has 0 bridgehead atoms. The Morgan fingerprint density at radius 2 is 1.45 bits per heavy atom. The van der Waals surface area contributed by atoms with Gasteiger partial charge in [0.25, 0.3) is 0 Å². The molecule has 0 fully saturated rings. The van der Waals surface area contributed by atoms with Crippen molar-refractivity contribution in [1.82, 2.24) is 0 Å². The molecule has 0 aromatic heterocycles. The summed E-state index contributed by atoms with van der Waals surface area (Å²) in [5, 5.41) is 0. The summed E-state index contributed by atoms with van der Waals surface area (Å²) < 4.78 is 55.3. The van der Waals surface area contributed by atoms with Crippen LogP contribution in [0.25, 0.3) is 0 Å². The molecule has 1 aliphatic rings. The molecule has 4 rings (SSSR count). The SMILES string of the molecule is CCCc1ccc(COc2cc3c(c(F)c2F)Oc2c(ccc(CCC)c2F)C3)cc1. The summed E-state index contributed by atoms with van der Waals surface area (Å²) in [5.74, 6) is -3.25. The normalized spacial score (nSPS) is 12.2. The Labute approximate surface area is 180 Å². The Morgan fingerprint density at radius 1 is 0.774 bits per heavy atom. The summed E-state index contributed by atoms with van der Waals surface area (Å²) in [6.07, 6.45) is 3.63. The molecule has 31 heavy (non-hydrogen) atoms. The maximum Gasteiger partial charge on any atom is 0.205 e. The Balaban J connectivity index is 1.57. The highest BCUT2D eigenvalue weighted by molar-refractivity contribution is 5.54.